The first-order valence-electron chi connectivity index (χ1n) is 10.9. The number of hydrogen-bond acceptors (Lipinski definition) is 7. The Morgan fingerprint density at radius 2 is 1.89 bits per heavy atom. The molecule has 0 amide bonds. The van der Waals surface area contributed by atoms with Crippen LogP contribution in [-0.2, 0) is 12.5 Å². The number of nitriles is 2. The van der Waals surface area contributed by atoms with Gasteiger partial charge in [0.15, 0.2) is 0 Å². The Bertz CT molecular complexity index is 1940. The number of benzene rings is 1. The van der Waals surface area contributed by atoms with Crippen LogP contribution < -0.4 is 16.9 Å². The van der Waals surface area contributed by atoms with Gasteiger partial charge >= 0.3 is 5.69 Å². The normalized spacial score (nSPS) is 12.1. The van der Waals surface area contributed by atoms with Crippen LogP contribution in [-0.4, -0.2) is 29.1 Å². The maximum Gasteiger partial charge on any atom is 0.325 e. The highest BCUT2D eigenvalue weighted by Gasteiger charge is 2.22. The molecule has 0 aliphatic heterocycles. The van der Waals surface area contributed by atoms with Crippen molar-refractivity contribution in [1.82, 2.24) is 29.1 Å². The molecule has 4 heterocycles. The fourth-order valence-corrected chi connectivity index (χ4v) is 4.16. The van der Waals surface area contributed by atoms with Gasteiger partial charge in [0.05, 0.1) is 57.4 Å². The van der Waals surface area contributed by atoms with Crippen molar-refractivity contribution in [2.24, 2.45) is 12.0 Å². The molecule has 0 spiro atoms. The molecule has 4 aromatic heterocycles. The number of aromatic nitrogens is 6. The number of nitrogens with one attached hydrogen (secondary N) is 2. The van der Waals surface area contributed by atoms with Gasteiger partial charge in [-0.25, -0.2) is 4.79 Å². The predicted octanol–water partition coefficient (Wildman–Crippen LogP) is 2.14. The Hall–Kier alpha value is -5.29. The summed E-state index contributed by atoms with van der Waals surface area (Å²) >= 11 is 0. The molecule has 0 bridgehead atoms. The van der Waals surface area contributed by atoms with E-state index in [0.717, 1.165) is 0 Å². The molecule has 11 nitrogen and oxygen atoms in total. The lowest BCUT2D eigenvalue weighted by Crippen LogP contribution is -2.23. The van der Waals surface area contributed by atoms with E-state index in [1.54, 1.807) is 66.7 Å². The van der Waals surface area contributed by atoms with Crippen molar-refractivity contribution in [2.75, 3.05) is 0 Å². The lowest BCUT2D eigenvalue weighted by atomic mass is 9.91. The van der Waals surface area contributed by atoms with Crippen LogP contribution in [0.25, 0.3) is 38.8 Å². The zero-order chi connectivity index (χ0) is 25.6. The van der Waals surface area contributed by atoms with Gasteiger partial charge in [-0.2, -0.15) is 10.5 Å². The summed E-state index contributed by atoms with van der Waals surface area (Å²) in [4.78, 5) is 41.8. The molecule has 5 aromatic rings. The van der Waals surface area contributed by atoms with Crippen molar-refractivity contribution in [2.45, 2.75) is 19.3 Å². The zero-order valence-electron chi connectivity index (χ0n) is 19.6. The lowest BCUT2D eigenvalue weighted by molar-refractivity contribution is 0.658. The standard InChI is InChI=1S/C25H19N9O2/c1-25(2,12-26)20-7-5-15(9-29-20)34-21-16-8-14(17-10-30-23(36)32-22(17)35)4-6-18(16)28-11-19(21)33(3)24(34)31-13-27/h4-11H,1-3H3,(H2,30,32,35,36)/b31-24-. The fourth-order valence-electron chi connectivity index (χ4n) is 4.16. The van der Waals surface area contributed by atoms with E-state index in [2.05, 4.69) is 31.0 Å². The first-order chi connectivity index (χ1) is 17.2. The Morgan fingerprint density at radius 1 is 1.08 bits per heavy atom. The van der Waals surface area contributed by atoms with Gasteiger partial charge in [-0.3, -0.25) is 24.3 Å². The van der Waals surface area contributed by atoms with E-state index in [4.69, 9.17) is 0 Å². The maximum absolute atomic E-state index is 12.4. The molecule has 0 aliphatic carbocycles. The van der Waals surface area contributed by atoms with Gasteiger partial charge in [-0.1, -0.05) is 6.07 Å². The molecule has 36 heavy (non-hydrogen) atoms. The van der Waals surface area contributed by atoms with Gasteiger partial charge in [0.25, 0.3) is 5.56 Å². The number of aromatic amines is 2. The Balaban J connectivity index is 1.86. The molecule has 0 aliphatic rings. The quantitative estimate of drug-likeness (QED) is 0.378. The van der Waals surface area contributed by atoms with E-state index in [1.807, 2.05) is 12.3 Å². The Kier molecular flexibility index (Phi) is 5.11. The number of rotatable bonds is 3. The van der Waals surface area contributed by atoms with Gasteiger partial charge in [-0.15, -0.1) is 4.99 Å². The van der Waals surface area contributed by atoms with Gasteiger partial charge in [0, 0.05) is 18.6 Å². The lowest BCUT2D eigenvalue weighted by Gasteiger charge is -2.15. The molecule has 0 unspecified atom stereocenters. The second kappa shape index (κ2) is 8.18. The van der Waals surface area contributed by atoms with Crippen molar-refractivity contribution in [3.8, 4) is 29.1 Å². The minimum Gasteiger partial charge on any atom is -0.313 e. The van der Waals surface area contributed by atoms with E-state index in [9.17, 15) is 20.1 Å². The second-order valence-corrected chi connectivity index (χ2v) is 8.75. The predicted molar refractivity (Wildman–Crippen MR) is 132 cm³/mol. The minimum absolute atomic E-state index is 0.294. The average Bonchev–Trinajstić information content (AvgIpc) is 3.16. The molecule has 0 saturated heterocycles. The van der Waals surface area contributed by atoms with Crippen LogP contribution in [0.1, 0.15) is 19.5 Å². The molecule has 0 atom stereocenters. The first kappa shape index (κ1) is 22.5. The van der Waals surface area contributed by atoms with Crippen molar-refractivity contribution in [3.63, 3.8) is 0 Å². The molecule has 2 N–H and O–H groups in total. The third kappa shape index (κ3) is 3.47. The van der Waals surface area contributed by atoms with E-state index in [-0.39, 0.29) is 0 Å². The average molecular weight is 477 g/mol. The number of nitrogens with zero attached hydrogens (tertiary/aromatic N) is 7. The summed E-state index contributed by atoms with van der Waals surface area (Å²) in [6, 6.07) is 11.2. The monoisotopic (exact) mass is 477 g/mol. The van der Waals surface area contributed by atoms with Gasteiger partial charge in [0.2, 0.25) is 11.8 Å². The third-order valence-electron chi connectivity index (χ3n) is 6.11. The Morgan fingerprint density at radius 3 is 2.56 bits per heavy atom. The molecule has 5 rings (SSSR count). The number of aryl methyl sites for hydroxylation is 1. The minimum atomic E-state index is -0.767. The van der Waals surface area contributed by atoms with Crippen molar-refractivity contribution in [3.05, 3.63) is 81.1 Å². The molecule has 1 aromatic carbocycles. The highest BCUT2D eigenvalue weighted by atomic mass is 16.2. The second-order valence-electron chi connectivity index (χ2n) is 8.75. The summed E-state index contributed by atoms with van der Waals surface area (Å²) in [5.74, 6) is 0. The summed E-state index contributed by atoms with van der Waals surface area (Å²) < 4.78 is 3.54. The van der Waals surface area contributed by atoms with Crippen LogP contribution in [0.5, 0.6) is 0 Å². The van der Waals surface area contributed by atoms with Crippen molar-refractivity contribution < 1.29 is 0 Å². The zero-order valence-corrected chi connectivity index (χ0v) is 19.6. The van der Waals surface area contributed by atoms with E-state index < -0.39 is 16.7 Å². The number of imidazole rings is 1. The molecular weight excluding hydrogens is 458 g/mol. The number of H-pyrrole nitrogens is 2. The summed E-state index contributed by atoms with van der Waals surface area (Å²) in [5.41, 5.74) is 2.65. The van der Waals surface area contributed by atoms with Crippen LogP contribution in [0.2, 0.25) is 0 Å². The van der Waals surface area contributed by atoms with Crippen LogP contribution in [0, 0.1) is 22.8 Å². The maximum atomic E-state index is 12.4. The van der Waals surface area contributed by atoms with Gasteiger partial charge < -0.3 is 9.55 Å². The van der Waals surface area contributed by atoms with Gasteiger partial charge in [0.1, 0.15) is 0 Å². The largest absolute Gasteiger partial charge is 0.325 e. The summed E-state index contributed by atoms with van der Waals surface area (Å²) in [6.07, 6.45) is 6.55. The first-order valence-corrected chi connectivity index (χ1v) is 10.9. The highest BCUT2D eigenvalue weighted by molar-refractivity contribution is 6.04. The van der Waals surface area contributed by atoms with E-state index in [0.29, 0.717) is 50.1 Å². The topological polar surface area (TPSA) is 161 Å². The van der Waals surface area contributed by atoms with Crippen LogP contribution in [0.4, 0.5) is 0 Å². The molecule has 11 heteroatoms. The smallest absolute Gasteiger partial charge is 0.313 e. The fraction of sp³-hybridized carbons (Fsp3) is 0.160. The van der Waals surface area contributed by atoms with E-state index in [1.165, 1.54) is 6.20 Å². The summed E-state index contributed by atoms with van der Waals surface area (Å²) in [5, 5.41) is 19.6. The highest BCUT2D eigenvalue weighted by Crippen LogP contribution is 2.29. The van der Waals surface area contributed by atoms with Crippen LogP contribution >= 0.6 is 0 Å². The van der Waals surface area contributed by atoms with Crippen molar-refractivity contribution in [1.29, 1.82) is 10.5 Å². The number of pyridine rings is 2. The number of hydrogen-bond donors (Lipinski definition) is 2. The summed E-state index contributed by atoms with van der Waals surface area (Å²) in [6.45, 7) is 3.57. The third-order valence-corrected chi connectivity index (χ3v) is 6.11. The van der Waals surface area contributed by atoms with Crippen molar-refractivity contribution >= 4 is 21.9 Å². The van der Waals surface area contributed by atoms with E-state index >= 15 is 0 Å². The molecule has 0 fully saturated rings. The molecule has 0 radical (unpaired) electrons. The molecular formula is C25H19N9O2. The van der Waals surface area contributed by atoms with Gasteiger partial charge in [-0.05, 0) is 43.7 Å². The Labute approximate surface area is 203 Å². The molecule has 176 valence electrons. The number of fused-ring (bicyclic) bond motifs is 3. The SMILES string of the molecule is Cn1/c(=N/C#N)n(-c2ccc(C(C)(C)C#N)nc2)c2c3cc(-c4c[nH]c(=O)[nH]c4=O)ccc3ncc21. The van der Waals surface area contributed by atoms with Crippen LogP contribution in [0.15, 0.2) is 63.5 Å². The van der Waals surface area contributed by atoms with Crippen LogP contribution in [0.3, 0.4) is 0 Å². The summed E-state index contributed by atoms with van der Waals surface area (Å²) in [7, 11) is 1.78. The molecule has 0 saturated carbocycles.